The molecule has 0 aliphatic rings. The minimum absolute atomic E-state index is 0.0178. The van der Waals surface area contributed by atoms with Crippen LogP contribution in [0.3, 0.4) is 0 Å². The highest BCUT2D eigenvalue weighted by molar-refractivity contribution is 5.97. The zero-order chi connectivity index (χ0) is 23.9. The summed E-state index contributed by atoms with van der Waals surface area (Å²) in [6.07, 6.45) is -2.82. The van der Waals surface area contributed by atoms with Crippen molar-refractivity contribution in [2.24, 2.45) is 0 Å². The fourth-order valence-electron chi connectivity index (χ4n) is 3.54. The topological polar surface area (TPSA) is 83.2 Å². The second kappa shape index (κ2) is 8.11. The Balaban J connectivity index is 1.40. The van der Waals surface area contributed by atoms with E-state index in [0.717, 1.165) is 23.0 Å². The zero-order valence-corrected chi connectivity index (χ0v) is 17.4. The van der Waals surface area contributed by atoms with Crippen molar-refractivity contribution in [3.63, 3.8) is 0 Å². The average Bonchev–Trinajstić information content (AvgIpc) is 3.23. The molecule has 0 saturated heterocycles. The Morgan fingerprint density at radius 3 is 2.12 bits per heavy atom. The Labute approximate surface area is 190 Å². The minimum Gasteiger partial charge on any atom is -0.457 e. The molecule has 5 rings (SSSR count). The second-order valence-corrected chi connectivity index (χ2v) is 7.56. The number of aromatic nitrogens is 1. The summed E-state index contributed by atoms with van der Waals surface area (Å²) < 4.78 is 44.2. The monoisotopic (exact) mass is 463 g/mol. The SMILES string of the molecule is O=c1c(Nc2ccc(C(F)(F)F)cc2)c(Nc2c[nH]c3ccc(Oc4ccccc4)cc23)c1=O. The normalized spacial score (nSPS) is 11.6. The molecule has 0 bridgehead atoms. The van der Waals surface area contributed by atoms with Gasteiger partial charge in [0.15, 0.2) is 0 Å². The largest absolute Gasteiger partial charge is 0.457 e. The number of H-pyrrole nitrogens is 1. The van der Waals surface area contributed by atoms with Gasteiger partial charge in [0.25, 0.3) is 10.9 Å². The van der Waals surface area contributed by atoms with Gasteiger partial charge in [0.2, 0.25) is 0 Å². The molecule has 4 aromatic carbocycles. The molecule has 0 aliphatic heterocycles. The summed E-state index contributed by atoms with van der Waals surface area (Å²) in [5, 5.41) is 6.42. The lowest BCUT2D eigenvalue weighted by Crippen LogP contribution is -2.35. The first-order valence-corrected chi connectivity index (χ1v) is 10.2. The van der Waals surface area contributed by atoms with Gasteiger partial charge in [0.1, 0.15) is 22.9 Å². The van der Waals surface area contributed by atoms with Crippen molar-refractivity contribution in [3.05, 3.63) is 105 Å². The van der Waals surface area contributed by atoms with Crippen LogP contribution >= 0.6 is 0 Å². The first-order chi connectivity index (χ1) is 16.3. The maximum atomic E-state index is 12.8. The summed E-state index contributed by atoms with van der Waals surface area (Å²) >= 11 is 0. The number of halogens is 3. The van der Waals surface area contributed by atoms with Crippen molar-refractivity contribution in [1.29, 1.82) is 0 Å². The van der Waals surface area contributed by atoms with Gasteiger partial charge in [-0.05, 0) is 54.6 Å². The molecule has 34 heavy (non-hydrogen) atoms. The van der Waals surface area contributed by atoms with Gasteiger partial charge in [-0.3, -0.25) is 9.59 Å². The van der Waals surface area contributed by atoms with Gasteiger partial charge < -0.3 is 20.4 Å². The average molecular weight is 463 g/mol. The molecular weight excluding hydrogens is 447 g/mol. The van der Waals surface area contributed by atoms with Crippen LogP contribution in [0.25, 0.3) is 10.9 Å². The van der Waals surface area contributed by atoms with E-state index in [1.165, 1.54) is 12.1 Å². The van der Waals surface area contributed by atoms with Crippen LogP contribution < -0.4 is 26.2 Å². The van der Waals surface area contributed by atoms with Crippen molar-refractivity contribution < 1.29 is 17.9 Å². The number of anilines is 4. The highest BCUT2D eigenvalue weighted by Crippen LogP contribution is 2.34. The van der Waals surface area contributed by atoms with Crippen LogP contribution in [0.5, 0.6) is 11.5 Å². The van der Waals surface area contributed by atoms with Crippen LogP contribution in [0.15, 0.2) is 88.6 Å². The number of aromatic amines is 1. The molecule has 0 amide bonds. The van der Waals surface area contributed by atoms with Crippen molar-refractivity contribution in [1.82, 2.24) is 4.98 Å². The van der Waals surface area contributed by atoms with E-state index in [2.05, 4.69) is 15.6 Å². The van der Waals surface area contributed by atoms with E-state index >= 15 is 0 Å². The van der Waals surface area contributed by atoms with Crippen molar-refractivity contribution in [3.8, 4) is 11.5 Å². The molecule has 3 N–H and O–H groups in total. The van der Waals surface area contributed by atoms with E-state index in [1.807, 2.05) is 36.4 Å². The lowest BCUT2D eigenvalue weighted by Gasteiger charge is -2.15. The van der Waals surface area contributed by atoms with Crippen molar-refractivity contribution in [2.75, 3.05) is 10.6 Å². The molecule has 0 fully saturated rings. The van der Waals surface area contributed by atoms with E-state index in [9.17, 15) is 22.8 Å². The van der Waals surface area contributed by atoms with Crippen LogP contribution in [0, 0.1) is 0 Å². The fraction of sp³-hybridized carbons (Fsp3) is 0.0400. The number of ether oxygens (including phenoxy) is 1. The standard InChI is InChI=1S/C25H16F3N3O3/c26-25(27,28)14-6-8-15(9-7-14)30-21-22(24(33)23(21)32)31-20-13-29-19-11-10-17(12-18(19)20)34-16-4-2-1-3-5-16/h1-13,29-31H. The predicted molar refractivity (Wildman–Crippen MR) is 124 cm³/mol. The zero-order valence-electron chi connectivity index (χ0n) is 17.4. The smallest absolute Gasteiger partial charge is 0.416 e. The summed E-state index contributed by atoms with van der Waals surface area (Å²) in [7, 11) is 0. The molecule has 0 unspecified atom stereocenters. The number of para-hydroxylation sites is 1. The van der Waals surface area contributed by atoms with Gasteiger partial charge in [-0.15, -0.1) is 0 Å². The Hall–Kier alpha value is -4.53. The molecule has 1 heterocycles. The summed E-state index contributed by atoms with van der Waals surface area (Å²) in [4.78, 5) is 27.4. The highest BCUT2D eigenvalue weighted by atomic mass is 19.4. The molecule has 170 valence electrons. The summed E-state index contributed by atoms with van der Waals surface area (Å²) in [5.74, 6) is 1.24. The van der Waals surface area contributed by atoms with Gasteiger partial charge in [-0.1, -0.05) is 18.2 Å². The quantitative estimate of drug-likeness (QED) is 0.267. The number of alkyl halides is 3. The molecule has 0 spiro atoms. The molecule has 1 aromatic heterocycles. The molecule has 0 aliphatic carbocycles. The van der Waals surface area contributed by atoms with Gasteiger partial charge >= 0.3 is 6.18 Å². The third-order valence-electron chi connectivity index (χ3n) is 5.28. The van der Waals surface area contributed by atoms with Gasteiger partial charge in [-0.2, -0.15) is 13.2 Å². The fourth-order valence-corrected chi connectivity index (χ4v) is 3.54. The number of nitrogens with one attached hydrogen (secondary N) is 3. The van der Waals surface area contributed by atoms with Crippen molar-refractivity contribution in [2.45, 2.75) is 6.18 Å². The predicted octanol–water partition coefficient (Wildman–Crippen LogP) is 6.06. The van der Waals surface area contributed by atoms with Gasteiger partial charge in [-0.25, -0.2) is 0 Å². The van der Waals surface area contributed by atoms with Crippen LogP contribution in [-0.2, 0) is 6.18 Å². The van der Waals surface area contributed by atoms with Gasteiger partial charge in [0.05, 0.1) is 11.3 Å². The second-order valence-electron chi connectivity index (χ2n) is 7.56. The molecule has 6 nitrogen and oxygen atoms in total. The van der Waals surface area contributed by atoms with Crippen molar-refractivity contribution >= 4 is 33.7 Å². The van der Waals surface area contributed by atoms with Crippen LogP contribution in [0.1, 0.15) is 5.56 Å². The maximum Gasteiger partial charge on any atom is 0.416 e. The molecule has 9 heteroatoms. The molecule has 0 atom stereocenters. The molecule has 0 saturated carbocycles. The number of rotatable bonds is 6. The Bertz CT molecular complexity index is 1550. The Morgan fingerprint density at radius 2 is 1.44 bits per heavy atom. The molecule has 5 aromatic rings. The van der Waals surface area contributed by atoms with E-state index in [0.29, 0.717) is 17.2 Å². The minimum atomic E-state index is -4.47. The number of fused-ring (bicyclic) bond motifs is 1. The number of hydrogen-bond acceptors (Lipinski definition) is 5. The third kappa shape index (κ3) is 3.99. The highest BCUT2D eigenvalue weighted by Gasteiger charge is 2.30. The lowest BCUT2D eigenvalue weighted by atomic mass is 10.1. The first-order valence-electron chi connectivity index (χ1n) is 10.2. The van der Waals surface area contributed by atoms with Crippen LogP contribution in [0.2, 0.25) is 0 Å². The van der Waals surface area contributed by atoms with E-state index < -0.39 is 22.6 Å². The lowest BCUT2D eigenvalue weighted by molar-refractivity contribution is -0.137. The molecular formula is C25H16F3N3O3. The molecule has 0 radical (unpaired) electrons. The van der Waals surface area contributed by atoms with E-state index in [4.69, 9.17) is 4.74 Å². The van der Waals surface area contributed by atoms with Gasteiger partial charge in [0, 0.05) is 22.8 Å². The summed E-state index contributed by atoms with van der Waals surface area (Å²) in [5.41, 5.74) is -0.712. The Kier molecular flexibility index (Phi) is 5.09. The number of benzene rings is 3. The third-order valence-corrected chi connectivity index (χ3v) is 5.28. The summed E-state index contributed by atoms with van der Waals surface area (Å²) in [6, 6.07) is 18.8. The summed E-state index contributed by atoms with van der Waals surface area (Å²) in [6.45, 7) is 0. The first kappa shape index (κ1) is 21.3. The van der Waals surface area contributed by atoms with Crippen LogP contribution in [-0.4, -0.2) is 4.98 Å². The van der Waals surface area contributed by atoms with E-state index in [-0.39, 0.29) is 17.1 Å². The van der Waals surface area contributed by atoms with E-state index in [1.54, 1.807) is 18.3 Å². The number of hydrogen-bond donors (Lipinski definition) is 3. The maximum absolute atomic E-state index is 12.8. The van der Waals surface area contributed by atoms with Crippen LogP contribution in [0.4, 0.5) is 35.9 Å². The Morgan fingerprint density at radius 1 is 0.765 bits per heavy atom.